The number of ether oxygens (including phenoxy) is 3. The molecule has 3 aliphatic rings. The molecule has 7 nitrogen and oxygen atoms in total. The largest absolute Gasteiger partial charge is 0.588 e. The Balaban J connectivity index is 1.42. The van der Waals surface area contributed by atoms with Crippen molar-refractivity contribution in [3.63, 3.8) is 0 Å². The molecule has 0 aliphatic carbocycles. The predicted molar refractivity (Wildman–Crippen MR) is 142 cm³/mol. The van der Waals surface area contributed by atoms with Gasteiger partial charge in [-0.25, -0.2) is 0 Å². The van der Waals surface area contributed by atoms with Crippen molar-refractivity contribution in [1.82, 2.24) is 4.90 Å². The van der Waals surface area contributed by atoms with Gasteiger partial charge < -0.3 is 23.7 Å². The van der Waals surface area contributed by atoms with Gasteiger partial charge in [0.15, 0.2) is 26.8 Å². The number of benzene rings is 3. The summed E-state index contributed by atoms with van der Waals surface area (Å²) >= 11 is 0. The molecule has 6 rings (SSSR count). The normalized spacial score (nSPS) is 19.7. The van der Waals surface area contributed by atoms with E-state index in [4.69, 9.17) is 14.2 Å². The van der Waals surface area contributed by atoms with E-state index in [-0.39, 0.29) is 5.41 Å². The number of likely N-dealkylation sites (tertiary alicyclic amines) is 1. The molecule has 1 spiro atoms. The fourth-order valence-electron chi connectivity index (χ4n) is 5.77. The van der Waals surface area contributed by atoms with Crippen molar-refractivity contribution in [2.24, 2.45) is 0 Å². The van der Waals surface area contributed by atoms with E-state index in [0.29, 0.717) is 41.8 Å². The molecule has 0 bridgehead atoms. The lowest BCUT2D eigenvalue weighted by Gasteiger charge is -2.38. The highest BCUT2D eigenvalue weighted by Crippen LogP contribution is 2.53. The van der Waals surface area contributed by atoms with Crippen LogP contribution in [0.25, 0.3) is 0 Å². The molecule has 1 fully saturated rings. The zero-order valence-electron chi connectivity index (χ0n) is 21.3. The van der Waals surface area contributed by atoms with Crippen molar-refractivity contribution in [2.75, 3.05) is 44.7 Å². The first-order valence-corrected chi connectivity index (χ1v) is 14.2. The molecule has 8 heteroatoms. The second-order valence-corrected chi connectivity index (χ2v) is 12.1. The van der Waals surface area contributed by atoms with Crippen molar-refractivity contribution in [3.05, 3.63) is 77.4 Å². The van der Waals surface area contributed by atoms with Gasteiger partial charge in [-0.3, -0.25) is 0 Å². The number of fused-ring (bicyclic) bond motifs is 3. The van der Waals surface area contributed by atoms with E-state index < -0.39 is 10.4 Å². The molecular formula is C29H32N2O5S. The number of piperidine rings is 1. The molecule has 0 amide bonds. The maximum absolute atomic E-state index is 14.1. The Hall–Kier alpha value is -3.07. The van der Waals surface area contributed by atoms with Crippen LogP contribution in [0.2, 0.25) is 0 Å². The van der Waals surface area contributed by atoms with Gasteiger partial charge in [-0.2, -0.15) is 4.31 Å². The average molecular weight is 521 g/mol. The molecule has 3 heterocycles. The van der Waals surface area contributed by atoms with Gasteiger partial charge in [0.1, 0.15) is 12.4 Å². The molecule has 3 aromatic rings. The lowest BCUT2D eigenvalue weighted by atomic mass is 9.74. The van der Waals surface area contributed by atoms with E-state index in [9.17, 15) is 8.76 Å². The highest BCUT2D eigenvalue weighted by atomic mass is 32.3. The predicted octanol–water partition coefficient (Wildman–Crippen LogP) is 4.60. The number of methoxy groups -OCH3 is 1. The monoisotopic (exact) mass is 520 g/mol. The van der Waals surface area contributed by atoms with Gasteiger partial charge in [-0.15, -0.1) is 0 Å². The summed E-state index contributed by atoms with van der Waals surface area (Å²) in [5.74, 6) is 1.94. The minimum Gasteiger partial charge on any atom is -0.588 e. The summed E-state index contributed by atoms with van der Waals surface area (Å²) in [6.45, 7) is 3.20. The van der Waals surface area contributed by atoms with Crippen LogP contribution in [0.15, 0.2) is 65.6 Å². The first-order valence-electron chi connectivity index (χ1n) is 12.8. The van der Waals surface area contributed by atoms with Crippen molar-refractivity contribution in [1.29, 1.82) is 0 Å². The molecular weight excluding hydrogens is 488 g/mol. The highest BCUT2D eigenvalue weighted by molar-refractivity contribution is 7.99. The number of anilines is 1. The Kier molecular flexibility index (Phi) is 6.13. The molecule has 0 radical (unpaired) electrons. The molecule has 3 aliphatic heterocycles. The maximum atomic E-state index is 14.1. The second kappa shape index (κ2) is 9.35. The summed E-state index contributed by atoms with van der Waals surface area (Å²) in [5, 5.41) is 0. The molecule has 1 atom stereocenters. The topological polar surface area (TPSA) is 74.3 Å². The molecule has 194 valence electrons. The quantitative estimate of drug-likeness (QED) is 0.443. The fraction of sp³-hybridized carbons (Fsp3) is 0.379. The van der Waals surface area contributed by atoms with Crippen LogP contribution in [-0.2, 0) is 33.1 Å². The van der Waals surface area contributed by atoms with Crippen molar-refractivity contribution >= 4 is 16.1 Å². The highest BCUT2D eigenvalue weighted by Gasteiger charge is 2.51. The van der Waals surface area contributed by atoms with Crippen LogP contribution in [-0.4, -0.2) is 49.9 Å². The molecule has 37 heavy (non-hydrogen) atoms. The summed E-state index contributed by atoms with van der Waals surface area (Å²) in [6, 6.07) is 19.0. The van der Waals surface area contributed by atoms with Crippen LogP contribution >= 0.6 is 0 Å². The molecule has 0 N–H and O–H groups in total. The third-order valence-electron chi connectivity index (χ3n) is 8.00. The van der Waals surface area contributed by atoms with Gasteiger partial charge in [0, 0.05) is 29.5 Å². The van der Waals surface area contributed by atoms with Crippen LogP contribution in [0.3, 0.4) is 0 Å². The van der Waals surface area contributed by atoms with E-state index in [1.54, 1.807) is 29.6 Å². The maximum Gasteiger partial charge on any atom is 0.183 e. The zero-order chi connectivity index (χ0) is 25.6. The Labute approximate surface area is 219 Å². The minimum atomic E-state index is -3.80. The van der Waals surface area contributed by atoms with E-state index in [1.807, 2.05) is 42.5 Å². The van der Waals surface area contributed by atoms with Gasteiger partial charge in [0.25, 0.3) is 0 Å². The number of hydrogen-bond donors (Lipinski definition) is 0. The summed E-state index contributed by atoms with van der Waals surface area (Å²) < 4.78 is 47.4. The first kappa shape index (κ1) is 24.3. The molecule has 0 aromatic heterocycles. The van der Waals surface area contributed by atoms with Crippen molar-refractivity contribution < 1.29 is 23.0 Å². The van der Waals surface area contributed by atoms with Crippen molar-refractivity contribution in [2.45, 2.75) is 36.2 Å². The molecule has 1 saturated heterocycles. The summed E-state index contributed by atoms with van der Waals surface area (Å²) in [7, 11) is -0.0487. The van der Waals surface area contributed by atoms with Gasteiger partial charge >= 0.3 is 0 Å². The van der Waals surface area contributed by atoms with Crippen molar-refractivity contribution in [3.8, 4) is 17.2 Å². The number of sulfonamides is 1. The van der Waals surface area contributed by atoms with Gasteiger partial charge in [0.05, 0.1) is 25.9 Å². The molecule has 3 aromatic carbocycles. The van der Waals surface area contributed by atoms with Gasteiger partial charge in [-0.1, -0.05) is 34.5 Å². The summed E-state index contributed by atoms with van der Waals surface area (Å²) in [5.41, 5.74) is 3.42. The fourth-order valence-corrected chi connectivity index (χ4v) is 7.39. The molecule has 0 saturated carbocycles. The lowest BCUT2D eigenvalue weighted by molar-refractivity contribution is 0.198. The average Bonchev–Trinajstić information content (AvgIpc) is 3.52. The van der Waals surface area contributed by atoms with Gasteiger partial charge in [0.2, 0.25) is 0 Å². The van der Waals surface area contributed by atoms with Crippen LogP contribution in [0.1, 0.15) is 29.5 Å². The molecule has 1 unspecified atom stereocenters. The zero-order valence-corrected chi connectivity index (χ0v) is 22.1. The van der Waals surface area contributed by atoms with Crippen LogP contribution in [0.4, 0.5) is 5.69 Å². The van der Waals surface area contributed by atoms with E-state index in [1.165, 1.54) is 0 Å². The third-order valence-corrected chi connectivity index (χ3v) is 9.75. The first-order chi connectivity index (χ1) is 17.9. The summed E-state index contributed by atoms with van der Waals surface area (Å²) in [4.78, 5) is 2.60. The standard InChI is InChI=1S/C29H32N2O5S/c1-30-13-11-29(12-14-30)20-31(37(32,33)23-8-9-26-22(16-23)10-15-35-26)25-18-28(27(34-2)17-24(25)29)36-19-21-6-4-3-5-7-21/h3-9,16-18H,10-15,19-20H2,1-2H3. The SMILES string of the molecule is COc1cc2c(cc1OCc1ccccc1)N([S+](=O)([O-])c1ccc3c(c1)CCO3)CC21CCN(C)CC1. The summed E-state index contributed by atoms with van der Waals surface area (Å²) in [6.07, 6.45) is 2.49. The second-order valence-electron chi connectivity index (χ2n) is 10.3. The van der Waals surface area contributed by atoms with E-state index >= 15 is 0 Å². The van der Waals surface area contributed by atoms with E-state index in [2.05, 4.69) is 11.9 Å². The Bertz CT molecular complexity index is 1350. The minimum absolute atomic E-state index is 0.264. The Morgan fingerprint density at radius 2 is 1.84 bits per heavy atom. The third kappa shape index (κ3) is 4.27. The van der Waals surface area contributed by atoms with Gasteiger partial charge in [-0.05, 0) is 62.3 Å². The van der Waals surface area contributed by atoms with Crippen LogP contribution < -0.4 is 18.5 Å². The van der Waals surface area contributed by atoms with E-state index in [0.717, 1.165) is 54.8 Å². The number of hydrogen-bond acceptors (Lipinski definition) is 6. The lowest BCUT2D eigenvalue weighted by Crippen LogP contribution is -2.46. The smallest absolute Gasteiger partial charge is 0.183 e. The number of rotatable bonds is 6. The Morgan fingerprint density at radius 3 is 2.59 bits per heavy atom. The Morgan fingerprint density at radius 1 is 1.05 bits per heavy atom. The van der Waals surface area contributed by atoms with Crippen LogP contribution in [0, 0.1) is 0 Å². The van der Waals surface area contributed by atoms with Crippen LogP contribution in [0.5, 0.6) is 17.2 Å². The number of nitrogens with zero attached hydrogens (tertiary/aromatic N) is 2.